The van der Waals surface area contributed by atoms with Gasteiger partial charge >= 0.3 is 0 Å². The van der Waals surface area contributed by atoms with Crippen molar-refractivity contribution in [3.05, 3.63) is 53.6 Å². The van der Waals surface area contributed by atoms with Gasteiger partial charge < -0.3 is 5.32 Å². The van der Waals surface area contributed by atoms with Crippen LogP contribution >= 0.6 is 0 Å². The Morgan fingerprint density at radius 1 is 1.35 bits per heavy atom. The summed E-state index contributed by atoms with van der Waals surface area (Å²) in [6, 6.07) is 7.66. The second kappa shape index (κ2) is 5.75. The van der Waals surface area contributed by atoms with Crippen LogP contribution in [0.3, 0.4) is 0 Å². The number of nitrogens with one attached hydrogen (secondary N) is 1. The molecule has 1 fully saturated rings. The van der Waals surface area contributed by atoms with E-state index in [-0.39, 0.29) is 5.82 Å². The van der Waals surface area contributed by atoms with E-state index in [1.165, 1.54) is 5.56 Å². The second-order valence-electron chi connectivity index (χ2n) is 5.61. The fourth-order valence-corrected chi connectivity index (χ4v) is 2.87. The minimum atomic E-state index is -0.0636. The van der Waals surface area contributed by atoms with Gasteiger partial charge in [0.1, 0.15) is 5.82 Å². The molecule has 20 heavy (non-hydrogen) atoms. The molecule has 0 bridgehead atoms. The predicted molar refractivity (Wildman–Crippen MR) is 77.1 cm³/mol. The quantitative estimate of drug-likeness (QED) is 0.907. The summed E-state index contributed by atoms with van der Waals surface area (Å²) in [7, 11) is 1.93. The highest BCUT2D eigenvalue weighted by Crippen LogP contribution is 2.37. The van der Waals surface area contributed by atoms with E-state index in [2.05, 4.69) is 10.4 Å². The van der Waals surface area contributed by atoms with Gasteiger partial charge in [-0.2, -0.15) is 5.10 Å². The van der Waals surface area contributed by atoms with E-state index in [0.29, 0.717) is 12.0 Å². The molecule has 0 spiro atoms. The van der Waals surface area contributed by atoms with Crippen LogP contribution in [0, 0.1) is 5.82 Å². The Bertz CT molecular complexity index is 573. The van der Waals surface area contributed by atoms with E-state index >= 15 is 0 Å². The summed E-state index contributed by atoms with van der Waals surface area (Å²) in [6.45, 7) is 0.959. The SMILES string of the molecule is Cn1cc(CCNC2CC(c3ccccc3F)C2)cn1. The van der Waals surface area contributed by atoms with Gasteiger partial charge in [0.15, 0.2) is 0 Å². The number of halogens is 1. The van der Waals surface area contributed by atoms with Crippen LogP contribution in [0.1, 0.15) is 29.9 Å². The third-order valence-corrected chi connectivity index (χ3v) is 4.09. The Morgan fingerprint density at radius 3 is 2.85 bits per heavy atom. The Balaban J connectivity index is 1.41. The van der Waals surface area contributed by atoms with E-state index in [9.17, 15) is 4.39 Å². The molecule has 1 saturated carbocycles. The van der Waals surface area contributed by atoms with Crippen molar-refractivity contribution in [1.82, 2.24) is 15.1 Å². The highest BCUT2D eigenvalue weighted by molar-refractivity contribution is 5.24. The maximum absolute atomic E-state index is 13.6. The van der Waals surface area contributed by atoms with Crippen LogP contribution in [0.15, 0.2) is 36.7 Å². The molecule has 1 aromatic heterocycles. The number of nitrogens with zero attached hydrogens (tertiary/aromatic N) is 2. The van der Waals surface area contributed by atoms with Crippen LogP contribution in [0.2, 0.25) is 0 Å². The van der Waals surface area contributed by atoms with E-state index in [1.807, 2.05) is 36.3 Å². The van der Waals surface area contributed by atoms with Crippen LogP contribution in [0.5, 0.6) is 0 Å². The Labute approximate surface area is 118 Å². The van der Waals surface area contributed by atoms with Crippen molar-refractivity contribution >= 4 is 0 Å². The molecule has 1 aromatic carbocycles. The van der Waals surface area contributed by atoms with Gasteiger partial charge in [0.05, 0.1) is 6.20 Å². The summed E-state index contributed by atoms with van der Waals surface area (Å²) < 4.78 is 15.5. The van der Waals surface area contributed by atoms with E-state index in [4.69, 9.17) is 0 Å². The lowest BCUT2D eigenvalue weighted by Crippen LogP contribution is -2.41. The van der Waals surface area contributed by atoms with Gasteiger partial charge in [-0.3, -0.25) is 4.68 Å². The maximum Gasteiger partial charge on any atom is 0.126 e. The number of aryl methyl sites for hydroxylation is 1. The first kappa shape index (κ1) is 13.3. The summed E-state index contributed by atoms with van der Waals surface area (Å²) in [4.78, 5) is 0. The number of hydrogen-bond acceptors (Lipinski definition) is 2. The highest BCUT2D eigenvalue weighted by Gasteiger charge is 2.31. The molecule has 0 amide bonds. The van der Waals surface area contributed by atoms with Gasteiger partial charge in [-0.1, -0.05) is 18.2 Å². The van der Waals surface area contributed by atoms with Gasteiger partial charge in [0, 0.05) is 19.3 Å². The first-order valence-electron chi connectivity index (χ1n) is 7.17. The molecule has 0 saturated heterocycles. The van der Waals surface area contributed by atoms with Crippen LogP contribution in [0.4, 0.5) is 4.39 Å². The molecule has 3 nitrogen and oxygen atoms in total. The van der Waals surface area contributed by atoms with Crippen molar-refractivity contribution in [3.63, 3.8) is 0 Å². The minimum absolute atomic E-state index is 0.0636. The Hall–Kier alpha value is -1.68. The van der Waals surface area contributed by atoms with Gasteiger partial charge in [0.2, 0.25) is 0 Å². The zero-order chi connectivity index (χ0) is 13.9. The van der Waals surface area contributed by atoms with E-state index < -0.39 is 0 Å². The van der Waals surface area contributed by atoms with Crippen LogP contribution < -0.4 is 5.32 Å². The molecular weight excluding hydrogens is 253 g/mol. The fraction of sp³-hybridized carbons (Fsp3) is 0.438. The molecule has 4 heteroatoms. The third-order valence-electron chi connectivity index (χ3n) is 4.09. The average Bonchev–Trinajstić information content (AvgIpc) is 2.79. The maximum atomic E-state index is 13.6. The zero-order valence-corrected chi connectivity index (χ0v) is 11.7. The van der Waals surface area contributed by atoms with Gasteiger partial charge in [-0.15, -0.1) is 0 Å². The molecule has 0 aliphatic heterocycles. The normalized spacial score (nSPS) is 21.7. The van der Waals surface area contributed by atoms with Crippen LogP contribution in [-0.4, -0.2) is 22.4 Å². The number of benzene rings is 1. The molecule has 2 aromatic rings. The summed E-state index contributed by atoms with van der Waals surface area (Å²) in [5.74, 6) is 0.318. The molecule has 1 aliphatic carbocycles. The molecule has 106 valence electrons. The topological polar surface area (TPSA) is 29.9 Å². The summed E-state index contributed by atoms with van der Waals surface area (Å²) in [6.07, 6.45) is 7.02. The predicted octanol–water partition coefficient (Wildman–Crippen LogP) is 2.64. The monoisotopic (exact) mass is 273 g/mol. The average molecular weight is 273 g/mol. The van der Waals surface area contributed by atoms with Crippen LogP contribution in [-0.2, 0) is 13.5 Å². The molecular formula is C16H20FN3. The van der Waals surface area contributed by atoms with E-state index in [1.54, 1.807) is 12.1 Å². The van der Waals surface area contributed by atoms with Crippen molar-refractivity contribution < 1.29 is 4.39 Å². The summed E-state index contributed by atoms with van der Waals surface area (Å²) in [5.41, 5.74) is 2.13. The minimum Gasteiger partial charge on any atom is -0.314 e. The van der Waals surface area contributed by atoms with Crippen molar-refractivity contribution in [2.24, 2.45) is 7.05 Å². The molecule has 1 N–H and O–H groups in total. The molecule has 0 atom stereocenters. The summed E-state index contributed by atoms with van der Waals surface area (Å²) >= 11 is 0. The third kappa shape index (κ3) is 2.90. The molecule has 1 aliphatic rings. The number of aromatic nitrogens is 2. The Kier molecular flexibility index (Phi) is 3.83. The lowest BCUT2D eigenvalue weighted by molar-refractivity contribution is 0.287. The molecule has 0 unspecified atom stereocenters. The Morgan fingerprint density at radius 2 is 2.15 bits per heavy atom. The first-order chi connectivity index (χ1) is 9.72. The number of hydrogen-bond donors (Lipinski definition) is 1. The summed E-state index contributed by atoms with van der Waals surface area (Å²) in [5, 5.41) is 7.69. The lowest BCUT2D eigenvalue weighted by atomic mass is 9.75. The largest absolute Gasteiger partial charge is 0.314 e. The zero-order valence-electron chi connectivity index (χ0n) is 11.7. The second-order valence-corrected chi connectivity index (χ2v) is 5.61. The van der Waals surface area contributed by atoms with Crippen molar-refractivity contribution in [3.8, 4) is 0 Å². The van der Waals surface area contributed by atoms with Crippen molar-refractivity contribution in [2.75, 3.05) is 6.54 Å². The lowest BCUT2D eigenvalue weighted by Gasteiger charge is -2.36. The highest BCUT2D eigenvalue weighted by atomic mass is 19.1. The van der Waals surface area contributed by atoms with Crippen LogP contribution in [0.25, 0.3) is 0 Å². The first-order valence-corrected chi connectivity index (χ1v) is 7.17. The molecule has 3 rings (SSSR count). The standard InChI is InChI=1S/C16H20FN3/c1-20-11-12(10-19-20)6-7-18-14-8-13(9-14)15-4-2-3-5-16(15)17/h2-5,10-11,13-14,18H,6-9H2,1H3. The van der Waals surface area contributed by atoms with E-state index in [0.717, 1.165) is 31.4 Å². The van der Waals surface area contributed by atoms with Crippen molar-refractivity contribution in [1.29, 1.82) is 0 Å². The molecule has 1 heterocycles. The fourth-order valence-electron chi connectivity index (χ4n) is 2.87. The van der Waals surface area contributed by atoms with Gasteiger partial charge in [-0.05, 0) is 48.9 Å². The number of rotatable bonds is 5. The smallest absolute Gasteiger partial charge is 0.126 e. The molecule has 0 radical (unpaired) electrons. The van der Waals surface area contributed by atoms with Gasteiger partial charge in [-0.25, -0.2) is 4.39 Å². The van der Waals surface area contributed by atoms with Gasteiger partial charge in [0.25, 0.3) is 0 Å². The van der Waals surface area contributed by atoms with Crippen molar-refractivity contribution in [2.45, 2.75) is 31.2 Å².